The van der Waals surface area contributed by atoms with E-state index in [1.807, 2.05) is 18.2 Å². The van der Waals surface area contributed by atoms with E-state index in [4.69, 9.17) is 13.9 Å². The lowest BCUT2D eigenvalue weighted by atomic mass is 9.99. The van der Waals surface area contributed by atoms with Gasteiger partial charge in [0.2, 0.25) is 12.7 Å². The molecule has 2 aliphatic heterocycles. The molecule has 9 nitrogen and oxygen atoms in total. The molecule has 4 amide bonds. The number of rotatable bonds is 5. The topological polar surface area (TPSA) is 110 Å². The van der Waals surface area contributed by atoms with E-state index in [0.29, 0.717) is 22.8 Å². The number of amides is 4. The number of hydrogen-bond acceptors (Lipinski definition) is 6. The van der Waals surface area contributed by atoms with Gasteiger partial charge in [-0.3, -0.25) is 14.5 Å². The van der Waals surface area contributed by atoms with Crippen LogP contribution in [0.15, 0.2) is 52.9 Å². The molecule has 2 aliphatic rings. The third-order valence-corrected chi connectivity index (χ3v) is 5.42. The summed E-state index contributed by atoms with van der Waals surface area (Å²) >= 11 is 0. The van der Waals surface area contributed by atoms with Crippen molar-refractivity contribution < 1.29 is 28.3 Å². The van der Waals surface area contributed by atoms with Crippen LogP contribution < -0.4 is 20.1 Å². The van der Waals surface area contributed by atoms with E-state index in [0.717, 1.165) is 15.8 Å². The molecule has 0 unspecified atom stereocenters. The van der Waals surface area contributed by atoms with Gasteiger partial charge in [-0.05, 0) is 36.8 Å². The number of urea groups is 1. The normalized spacial score (nSPS) is 19.7. The molecule has 31 heavy (non-hydrogen) atoms. The Bertz CT molecular complexity index is 1190. The van der Waals surface area contributed by atoms with Crippen LogP contribution in [0.3, 0.4) is 0 Å². The maximum atomic E-state index is 13.0. The fourth-order valence-corrected chi connectivity index (χ4v) is 3.69. The monoisotopic (exact) mass is 421 g/mol. The van der Waals surface area contributed by atoms with Crippen LogP contribution in [0.4, 0.5) is 4.79 Å². The lowest BCUT2D eigenvalue weighted by Gasteiger charge is -2.18. The summed E-state index contributed by atoms with van der Waals surface area (Å²) in [6.07, 6.45) is 0. The van der Waals surface area contributed by atoms with Crippen molar-refractivity contribution in [3.63, 3.8) is 0 Å². The third kappa shape index (κ3) is 3.24. The summed E-state index contributed by atoms with van der Waals surface area (Å²) < 4.78 is 16.4. The van der Waals surface area contributed by atoms with Crippen molar-refractivity contribution in [2.45, 2.75) is 19.0 Å². The van der Waals surface area contributed by atoms with Gasteiger partial charge < -0.3 is 24.5 Å². The van der Waals surface area contributed by atoms with Gasteiger partial charge in [0, 0.05) is 11.9 Å². The quantitative estimate of drug-likeness (QED) is 0.612. The van der Waals surface area contributed by atoms with Gasteiger partial charge in [-0.25, -0.2) is 4.79 Å². The zero-order valence-corrected chi connectivity index (χ0v) is 16.6. The van der Waals surface area contributed by atoms with Crippen molar-refractivity contribution in [3.05, 3.63) is 59.9 Å². The molecule has 1 atom stereocenters. The highest BCUT2D eigenvalue weighted by Gasteiger charge is 2.51. The summed E-state index contributed by atoms with van der Waals surface area (Å²) in [7, 11) is 0. The first kappa shape index (κ1) is 19.0. The molecule has 158 valence electrons. The van der Waals surface area contributed by atoms with E-state index in [9.17, 15) is 14.4 Å². The van der Waals surface area contributed by atoms with Crippen LogP contribution in [0.5, 0.6) is 11.5 Å². The van der Waals surface area contributed by atoms with Gasteiger partial charge in [-0.2, -0.15) is 0 Å². The van der Waals surface area contributed by atoms with E-state index >= 15 is 0 Å². The number of nitrogens with zero attached hydrogens (tertiary/aromatic N) is 1. The number of imide groups is 1. The molecule has 0 bridgehead atoms. The van der Waals surface area contributed by atoms with Gasteiger partial charge in [-0.15, -0.1) is 0 Å². The molecule has 2 N–H and O–H groups in total. The Morgan fingerprint density at radius 3 is 2.77 bits per heavy atom. The lowest BCUT2D eigenvalue weighted by Crippen LogP contribution is -2.43. The lowest BCUT2D eigenvalue weighted by molar-refractivity contribution is -0.135. The van der Waals surface area contributed by atoms with Crippen LogP contribution in [0.1, 0.15) is 18.2 Å². The first-order valence-corrected chi connectivity index (χ1v) is 9.72. The van der Waals surface area contributed by atoms with Crippen molar-refractivity contribution in [2.24, 2.45) is 0 Å². The van der Waals surface area contributed by atoms with Crippen LogP contribution in [0, 0.1) is 0 Å². The fourth-order valence-electron chi connectivity index (χ4n) is 3.69. The SMILES string of the molecule is C[C@]1(c2cc3ccccc3o2)NC(=O)N(CC(=O)NCc2ccc3c(c2)OCO3)C1=O. The highest BCUT2D eigenvalue weighted by Crippen LogP contribution is 2.33. The number of carbonyl (C=O) groups excluding carboxylic acids is 3. The van der Waals surface area contributed by atoms with Crippen molar-refractivity contribution in [2.75, 3.05) is 13.3 Å². The molecule has 5 rings (SSSR count). The minimum atomic E-state index is -1.38. The number of ether oxygens (including phenoxy) is 2. The van der Waals surface area contributed by atoms with E-state index in [1.165, 1.54) is 0 Å². The summed E-state index contributed by atoms with van der Waals surface area (Å²) in [5.74, 6) is 0.571. The maximum Gasteiger partial charge on any atom is 0.325 e. The molecule has 1 fully saturated rings. The summed E-state index contributed by atoms with van der Waals surface area (Å²) in [6.45, 7) is 1.56. The predicted octanol–water partition coefficient (Wildman–Crippen LogP) is 2.24. The smallest absolute Gasteiger partial charge is 0.325 e. The van der Waals surface area contributed by atoms with E-state index in [-0.39, 0.29) is 13.3 Å². The van der Waals surface area contributed by atoms with Gasteiger partial charge in [0.25, 0.3) is 5.91 Å². The Balaban J connectivity index is 1.26. The number of hydrogen-bond donors (Lipinski definition) is 2. The molecular weight excluding hydrogens is 402 g/mol. The second kappa shape index (κ2) is 7.05. The number of benzene rings is 2. The first-order valence-electron chi connectivity index (χ1n) is 9.72. The molecule has 3 aromatic rings. The Hall–Kier alpha value is -4.01. The fraction of sp³-hybridized carbons (Fsp3) is 0.227. The van der Waals surface area contributed by atoms with E-state index in [1.54, 1.807) is 37.3 Å². The average molecular weight is 421 g/mol. The second-order valence-electron chi connectivity index (χ2n) is 7.56. The standard InChI is InChI=1S/C22H19N3O6/c1-22(18-9-14-4-2-3-5-15(14)31-18)20(27)25(21(28)24-22)11-19(26)23-10-13-6-7-16-17(8-13)30-12-29-16/h2-9H,10-12H2,1H3,(H,23,26)(H,24,28)/t22-/m1/s1. The van der Waals surface area contributed by atoms with E-state index in [2.05, 4.69) is 10.6 Å². The highest BCUT2D eigenvalue weighted by atomic mass is 16.7. The van der Waals surface area contributed by atoms with Crippen LogP contribution in [0.2, 0.25) is 0 Å². The number of nitrogens with one attached hydrogen (secondary N) is 2. The van der Waals surface area contributed by atoms with Crippen molar-refractivity contribution in [1.82, 2.24) is 15.5 Å². The summed E-state index contributed by atoms with van der Waals surface area (Å²) in [5.41, 5.74) is 0.0378. The minimum absolute atomic E-state index is 0.168. The average Bonchev–Trinajstić information content (AvgIpc) is 3.46. The molecular formula is C22H19N3O6. The zero-order chi connectivity index (χ0) is 21.6. The van der Waals surface area contributed by atoms with Crippen LogP contribution >= 0.6 is 0 Å². The maximum absolute atomic E-state index is 13.0. The minimum Gasteiger partial charge on any atom is -0.458 e. The van der Waals surface area contributed by atoms with Crippen LogP contribution in [-0.4, -0.2) is 36.1 Å². The number of carbonyl (C=O) groups is 3. The molecule has 0 saturated carbocycles. The Morgan fingerprint density at radius 2 is 1.94 bits per heavy atom. The Morgan fingerprint density at radius 1 is 1.13 bits per heavy atom. The van der Waals surface area contributed by atoms with Crippen LogP contribution in [0.25, 0.3) is 11.0 Å². The van der Waals surface area contributed by atoms with Gasteiger partial charge in [-0.1, -0.05) is 24.3 Å². The first-order chi connectivity index (χ1) is 14.9. The summed E-state index contributed by atoms with van der Waals surface area (Å²) in [6, 6.07) is 13.7. The Kier molecular flexibility index (Phi) is 4.32. The summed E-state index contributed by atoms with van der Waals surface area (Å²) in [5, 5.41) is 6.18. The summed E-state index contributed by atoms with van der Waals surface area (Å²) in [4.78, 5) is 38.8. The third-order valence-electron chi connectivity index (χ3n) is 5.42. The van der Waals surface area contributed by atoms with Crippen molar-refractivity contribution in [1.29, 1.82) is 0 Å². The molecule has 0 spiro atoms. The van der Waals surface area contributed by atoms with E-state index < -0.39 is 29.9 Å². The largest absolute Gasteiger partial charge is 0.458 e. The van der Waals surface area contributed by atoms with Crippen molar-refractivity contribution in [3.8, 4) is 11.5 Å². The second-order valence-corrected chi connectivity index (χ2v) is 7.56. The number of furan rings is 1. The van der Waals surface area contributed by atoms with Gasteiger partial charge in [0.05, 0.1) is 0 Å². The molecule has 0 radical (unpaired) electrons. The predicted molar refractivity (Wildman–Crippen MR) is 108 cm³/mol. The molecule has 9 heteroatoms. The molecule has 3 heterocycles. The molecule has 2 aromatic carbocycles. The van der Waals surface area contributed by atoms with Gasteiger partial charge in [0.15, 0.2) is 17.0 Å². The van der Waals surface area contributed by atoms with Crippen molar-refractivity contribution >= 4 is 28.8 Å². The zero-order valence-electron chi connectivity index (χ0n) is 16.6. The molecule has 1 saturated heterocycles. The van der Waals surface area contributed by atoms with Gasteiger partial charge in [0.1, 0.15) is 17.9 Å². The molecule has 0 aliphatic carbocycles. The Labute approximate surface area is 176 Å². The number of para-hydroxylation sites is 1. The molecule has 1 aromatic heterocycles. The van der Waals surface area contributed by atoms with Crippen LogP contribution in [-0.2, 0) is 21.7 Å². The highest BCUT2D eigenvalue weighted by molar-refractivity contribution is 6.09. The number of fused-ring (bicyclic) bond motifs is 2. The van der Waals surface area contributed by atoms with Gasteiger partial charge >= 0.3 is 6.03 Å².